The SMILES string of the molecule is O=C(c1cccc2ccccc12)N1CC(CC=CO)C(CN2CCC(c3ccc(F)cc3)CC2)C1. The summed E-state index contributed by atoms with van der Waals surface area (Å²) in [5, 5.41) is 11.3. The highest BCUT2D eigenvalue weighted by atomic mass is 19.1. The Morgan fingerprint density at radius 3 is 2.43 bits per heavy atom. The van der Waals surface area contributed by atoms with Crippen molar-refractivity contribution in [3.8, 4) is 0 Å². The lowest BCUT2D eigenvalue weighted by atomic mass is 9.87. The topological polar surface area (TPSA) is 43.8 Å². The Hall–Kier alpha value is -3.18. The first-order valence-electron chi connectivity index (χ1n) is 12.7. The summed E-state index contributed by atoms with van der Waals surface area (Å²) in [6.45, 7) is 4.43. The molecule has 2 aliphatic heterocycles. The van der Waals surface area contributed by atoms with Crippen LogP contribution in [0.25, 0.3) is 10.8 Å². The lowest BCUT2D eigenvalue weighted by molar-refractivity contribution is 0.0782. The maximum atomic E-state index is 13.6. The monoisotopic (exact) mass is 472 g/mol. The Morgan fingerprint density at radius 2 is 1.66 bits per heavy atom. The number of amides is 1. The molecule has 3 aromatic rings. The molecule has 2 aliphatic rings. The summed E-state index contributed by atoms with van der Waals surface area (Å²) in [5.41, 5.74) is 1.99. The molecule has 2 unspecified atom stereocenters. The van der Waals surface area contributed by atoms with Gasteiger partial charge in [-0.05, 0) is 90.7 Å². The van der Waals surface area contributed by atoms with E-state index < -0.39 is 0 Å². The molecule has 0 radical (unpaired) electrons. The van der Waals surface area contributed by atoms with Gasteiger partial charge in [-0.2, -0.15) is 0 Å². The molecule has 0 spiro atoms. The molecule has 0 aromatic heterocycles. The van der Waals surface area contributed by atoms with E-state index >= 15 is 0 Å². The smallest absolute Gasteiger partial charge is 0.254 e. The van der Waals surface area contributed by atoms with Crippen molar-refractivity contribution in [1.82, 2.24) is 9.80 Å². The maximum absolute atomic E-state index is 13.6. The number of carbonyl (C=O) groups excluding carboxylic acids is 1. The maximum Gasteiger partial charge on any atom is 0.254 e. The number of piperidine rings is 1. The van der Waals surface area contributed by atoms with Crippen molar-refractivity contribution in [3.05, 3.63) is 96.0 Å². The summed E-state index contributed by atoms with van der Waals surface area (Å²) >= 11 is 0. The van der Waals surface area contributed by atoms with Gasteiger partial charge in [-0.25, -0.2) is 4.39 Å². The fraction of sp³-hybridized carbons (Fsp3) is 0.367. The Morgan fingerprint density at radius 1 is 0.943 bits per heavy atom. The van der Waals surface area contributed by atoms with Crippen LogP contribution in [0.5, 0.6) is 0 Å². The van der Waals surface area contributed by atoms with Gasteiger partial charge < -0.3 is 14.9 Å². The third kappa shape index (κ3) is 5.25. The van der Waals surface area contributed by atoms with E-state index in [0.29, 0.717) is 24.3 Å². The molecule has 1 N–H and O–H groups in total. The number of fused-ring (bicyclic) bond motifs is 1. The number of nitrogens with zero attached hydrogens (tertiary/aromatic N) is 2. The molecule has 0 aliphatic carbocycles. The van der Waals surface area contributed by atoms with E-state index in [1.54, 1.807) is 12.1 Å². The van der Waals surface area contributed by atoms with E-state index in [1.807, 2.05) is 65.6 Å². The Labute approximate surface area is 206 Å². The van der Waals surface area contributed by atoms with Crippen molar-refractivity contribution >= 4 is 16.7 Å². The lowest BCUT2D eigenvalue weighted by Gasteiger charge is -2.34. The molecule has 5 rings (SSSR count). The highest BCUT2D eigenvalue weighted by Crippen LogP contribution is 2.33. The van der Waals surface area contributed by atoms with Gasteiger partial charge in [0.25, 0.3) is 5.91 Å². The number of allylic oxidation sites excluding steroid dienone is 1. The second kappa shape index (κ2) is 10.6. The van der Waals surface area contributed by atoms with Gasteiger partial charge in [0, 0.05) is 25.2 Å². The molecule has 0 bridgehead atoms. The van der Waals surface area contributed by atoms with Crippen LogP contribution in [0.3, 0.4) is 0 Å². The lowest BCUT2D eigenvalue weighted by Crippen LogP contribution is -2.38. The zero-order chi connectivity index (χ0) is 24.2. The van der Waals surface area contributed by atoms with Gasteiger partial charge in [-0.15, -0.1) is 0 Å². The van der Waals surface area contributed by atoms with Crippen LogP contribution in [0.4, 0.5) is 4.39 Å². The summed E-state index contributed by atoms with van der Waals surface area (Å²) in [7, 11) is 0. The summed E-state index contributed by atoms with van der Waals surface area (Å²) < 4.78 is 13.3. The van der Waals surface area contributed by atoms with E-state index in [4.69, 9.17) is 0 Å². The van der Waals surface area contributed by atoms with E-state index in [0.717, 1.165) is 68.0 Å². The molecule has 1 amide bonds. The van der Waals surface area contributed by atoms with E-state index in [1.165, 1.54) is 5.56 Å². The average molecular weight is 473 g/mol. The molecule has 182 valence electrons. The summed E-state index contributed by atoms with van der Waals surface area (Å²) in [6, 6.07) is 20.9. The fourth-order valence-corrected chi connectivity index (χ4v) is 5.91. The number of halogens is 1. The van der Waals surface area contributed by atoms with Crippen molar-refractivity contribution < 1.29 is 14.3 Å². The Balaban J connectivity index is 1.25. The quantitative estimate of drug-likeness (QED) is 0.447. The van der Waals surface area contributed by atoms with Gasteiger partial charge in [0.2, 0.25) is 0 Å². The van der Waals surface area contributed by atoms with Gasteiger partial charge in [0.1, 0.15) is 5.82 Å². The number of likely N-dealkylation sites (tertiary alicyclic amines) is 2. The van der Waals surface area contributed by atoms with Crippen LogP contribution < -0.4 is 0 Å². The molecular formula is C30H33FN2O2. The van der Waals surface area contributed by atoms with Crippen LogP contribution in [0.15, 0.2) is 79.1 Å². The van der Waals surface area contributed by atoms with Crippen LogP contribution in [0.2, 0.25) is 0 Å². The van der Waals surface area contributed by atoms with Crippen LogP contribution >= 0.6 is 0 Å². The second-order valence-corrected chi connectivity index (χ2v) is 10.0. The standard InChI is InChI=1S/C30H33FN2O2/c31-27-12-10-22(11-13-27)23-14-16-32(17-15-23)19-26-21-33(20-25(26)7-4-18-34)30(35)29-9-3-6-24-5-1-2-8-28(24)29/h1-6,8-13,18,23,25-26,34H,7,14-17,19-21H2. The minimum Gasteiger partial charge on any atom is -0.516 e. The van der Waals surface area contributed by atoms with Gasteiger partial charge in [0.05, 0.1) is 6.26 Å². The third-order valence-corrected chi connectivity index (χ3v) is 7.85. The first-order chi connectivity index (χ1) is 17.1. The predicted octanol–water partition coefficient (Wildman–Crippen LogP) is 6.01. The molecule has 3 aromatic carbocycles. The molecule has 35 heavy (non-hydrogen) atoms. The minimum absolute atomic E-state index is 0.0947. The molecular weight excluding hydrogens is 439 g/mol. The average Bonchev–Trinajstić information content (AvgIpc) is 3.30. The van der Waals surface area contributed by atoms with Crippen molar-refractivity contribution in [3.63, 3.8) is 0 Å². The normalized spacial score (nSPS) is 21.8. The zero-order valence-electron chi connectivity index (χ0n) is 20.0. The molecule has 2 fully saturated rings. The number of rotatable bonds is 6. The van der Waals surface area contributed by atoms with E-state index in [2.05, 4.69) is 4.90 Å². The summed E-state index contributed by atoms with van der Waals surface area (Å²) in [6.07, 6.45) is 5.84. The van der Waals surface area contributed by atoms with E-state index in [9.17, 15) is 14.3 Å². The van der Waals surface area contributed by atoms with Crippen LogP contribution in [0.1, 0.15) is 41.1 Å². The van der Waals surface area contributed by atoms with Gasteiger partial charge in [0.15, 0.2) is 0 Å². The van der Waals surface area contributed by atoms with Gasteiger partial charge in [-0.1, -0.05) is 48.5 Å². The summed E-state index contributed by atoms with van der Waals surface area (Å²) in [4.78, 5) is 18.1. The molecule has 2 atom stereocenters. The first-order valence-corrected chi connectivity index (χ1v) is 12.7. The number of hydrogen-bond acceptors (Lipinski definition) is 3. The van der Waals surface area contributed by atoms with Crippen LogP contribution in [-0.4, -0.2) is 53.5 Å². The summed E-state index contributed by atoms with van der Waals surface area (Å²) in [5.74, 6) is 1.09. The Bertz CT molecular complexity index is 1180. The largest absolute Gasteiger partial charge is 0.516 e. The molecule has 5 heteroatoms. The van der Waals surface area contributed by atoms with Crippen molar-refractivity contribution in [1.29, 1.82) is 0 Å². The van der Waals surface area contributed by atoms with Crippen molar-refractivity contribution in [2.75, 3.05) is 32.7 Å². The second-order valence-electron chi connectivity index (χ2n) is 10.0. The number of benzene rings is 3. The van der Waals surface area contributed by atoms with Crippen molar-refractivity contribution in [2.45, 2.75) is 25.2 Å². The predicted molar refractivity (Wildman–Crippen MR) is 138 cm³/mol. The third-order valence-electron chi connectivity index (χ3n) is 7.85. The van der Waals surface area contributed by atoms with Crippen LogP contribution in [0, 0.1) is 17.7 Å². The van der Waals surface area contributed by atoms with Gasteiger partial charge >= 0.3 is 0 Å². The highest BCUT2D eigenvalue weighted by Gasteiger charge is 2.36. The van der Waals surface area contributed by atoms with Gasteiger partial charge in [-0.3, -0.25) is 4.79 Å². The van der Waals surface area contributed by atoms with Crippen molar-refractivity contribution in [2.24, 2.45) is 11.8 Å². The highest BCUT2D eigenvalue weighted by molar-refractivity contribution is 6.07. The minimum atomic E-state index is -0.182. The molecule has 2 heterocycles. The zero-order valence-corrected chi connectivity index (χ0v) is 20.0. The van der Waals surface area contributed by atoms with E-state index in [-0.39, 0.29) is 11.7 Å². The molecule has 0 saturated carbocycles. The number of aliphatic hydroxyl groups is 1. The first kappa shape index (κ1) is 23.6. The number of carbonyl (C=O) groups is 1. The fourth-order valence-electron chi connectivity index (χ4n) is 5.91. The Kier molecular flexibility index (Phi) is 7.14. The number of aliphatic hydroxyl groups excluding tert-OH is 1. The van der Waals surface area contributed by atoms with Crippen LogP contribution in [-0.2, 0) is 0 Å². The number of hydrogen-bond donors (Lipinski definition) is 1. The molecule has 4 nitrogen and oxygen atoms in total. The molecule has 2 saturated heterocycles.